The predicted octanol–water partition coefficient (Wildman–Crippen LogP) is 2.57. The van der Waals surface area contributed by atoms with Gasteiger partial charge in [0.25, 0.3) is 0 Å². The van der Waals surface area contributed by atoms with Gasteiger partial charge in [-0.2, -0.15) is 13.2 Å². The van der Waals surface area contributed by atoms with Crippen LogP contribution in [0.2, 0.25) is 0 Å². The zero-order valence-electron chi connectivity index (χ0n) is 11.2. The van der Waals surface area contributed by atoms with Crippen LogP contribution >= 0.6 is 0 Å². The van der Waals surface area contributed by atoms with Crippen LogP contribution < -0.4 is 5.73 Å². The molecule has 0 saturated heterocycles. The number of fused-ring (bicyclic) bond motifs is 1. The highest BCUT2D eigenvalue weighted by Gasteiger charge is 2.29. The van der Waals surface area contributed by atoms with Crippen molar-refractivity contribution in [3.05, 3.63) is 24.0 Å². The minimum absolute atomic E-state index is 0.311. The van der Waals surface area contributed by atoms with Crippen molar-refractivity contribution in [3.63, 3.8) is 0 Å². The van der Waals surface area contributed by atoms with Crippen LogP contribution in [0.25, 0.3) is 11.0 Å². The number of nitrogen functional groups attached to an aromatic ring is 1. The third kappa shape index (κ3) is 3.86. The highest BCUT2D eigenvalue weighted by Crippen LogP contribution is 2.18. The van der Waals surface area contributed by atoms with Gasteiger partial charge < -0.3 is 10.7 Å². The largest absolute Gasteiger partial charge is 0.401 e. The van der Waals surface area contributed by atoms with Crippen LogP contribution in [-0.2, 0) is 6.42 Å². The first kappa shape index (κ1) is 14.6. The smallest absolute Gasteiger partial charge is 0.399 e. The van der Waals surface area contributed by atoms with Crippen LogP contribution in [0.15, 0.2) is 18.2 Å². The van der Waals surface area contributed by atoms with Crippen molar-refractivity contribution in [2.75, 3.05) is 25.4 Å². The van der Waals surface area contributed by atoms with Gasteiger partial charge in [-0.1, -0.05) is 6.92 Å². The van der Waals surface area contributed by atoms with Crippen LogP contribution in [-0.4, -0.2) is 40.7 Å². The van der Waals surface area contributed by atoms with Gasteiger partial charge in [0.05, 0.1) is 17.6 Å². The maximum atomic E-state index is 12.4. The monoisotopic (exact) mass is 286 g/mol. The highest BCUT2D eigenvalue weighted by atomic mass is 19.4. The lowest BCUT2D eigenvalue weighted by atomic mass is 10.3. The number of aromatic amines is 1. The Labute approximate surface area is 114 Å². The number of rotatable bonds is 5. The lowest BCUT2D eigenvalue weighted by Crippen LogP contribution is -2.35. The minimum atomic E-state index is -4.17. The predicted molar refractivity (Wildman–Crippen MR) is 72.4 cm³/mol. The van der Waals surface area contributed by atoms with E-state index in [2.05, 4.69) is 9.97 Å². The Morgan fingerprint density at radius 2 is 2.10 bits per heavy atom. The maximum absolute atomic E-state index is 12.4. The topological polar surface area (TPSA) is 57.9 Å². The van der Waals surface area contributed by atoms with Crippen LogP contribution in [0.5, 0.6) is 0 Å². The van der Waals surface area contributed by atoms with Crippen molar-refractivity contribution in [1.29, 1.82) is 0 Å². The van der Waals surface area contributed by atoms with E-state index in [-0.39, 0.29) is 0 Å². The summed E-state index contributed by atoms with van der Waals surface area (Å²) in [6.07, 6.45) is -3.73. The molecule has 0 radical (unpaired) electrons. The summed E-state index contributed by atoms with van der Waals surface area (Å²) in [5, 5.41) is 0. The molecular weight excluding hydrogens is 269 g/mol. The molecule has 0 amide bonds. The summed E-state index contributed by atoms with van der Waals surface area (Å²) in [5.41, 5.74) is 7.87. The first-order chi connectivity index (χ1) is 9.37. The zero-order valence-corrected chi connectivity index (χ0v) is 11.2. The number of likely N-dealkylation sites (N-methyl/N-ethyl adjacent to an activating group) is 1. The van der Waals surface area contributed by atoms with Crippen molar-refractivity contribution >= 4 is 16.7 Å². The Kier molecular flexibility index (Phi) is 4.17. The van der Waals surface area contributed by atoms with Crippen LogP contribution in [0.4, 0.5) is 18.9 Å². The van der Waals surface area contributed by atoms with Gasteiger partial charge in [-0.05, 0) is 24.7 Å². The summed E-state index contributed by atoms with van der Waals surface area (Å²) < 4.78 is 37.1. The third-order valence-corrected chi connectivity index (χ3v) is 3.07. The second kappa shape index (κ2) is 5.70. The Morgan fingerprint density at radius 1 is 1.35 bits per heavy atom. The summed E-state index contributed by atoms with van der Waals surface area (Å²) in [4.78, 5) is 8.77. The van der Waals surface area contributed by atoms with E-state index in [1.54, 1.807) is 25.1 Å². The van der Waals surface area contributed by atoms with E-state index < -0.39 is 12.7 Å². The molecule has 1 aromatic heterocycles. The van der Waals surface area contributed by atoms with E-state index >= 15 is 0 Å². The quantitative estimate of drug-likeness (QED) is 0.831. The number of benzene rings is 1. The molecule has 0 fully saturated rings. The molecular formula is C13H17F3N4. The average Bonchev–Trinajstić information content (AvgIpc) is 2.75. The number of imidazole rings is 1. The Morgan fingerprint density at radius 3 is 2.75 bits per heavy atom. The summed E-state index contributed by atoms with van der Waals surface area (Å²) in [5.74, 6) is 0.672. The molecule has 0 saturated carbocycles. The SMILES string of the molecule is CCN(CCc1nc2ccc(N)cc2[nH]1)CC(F)(F)F. The molecule has 0 atom stereocenters. The van der Waals surface area contributed by atoms with Crippen LogP contribution in [0.3, 0.4) is 0 Å². The molecule has 2 rings (SSSR count). The molecule has 0 unspecified atom stereocenters. The lowest BCUT2D eigenvalue weighted by Gasteiger charge is -2.21. The van der Waals surface area contributed by atoms with Crippen molar-refractivity contribution in [2.24, 2.45) is 0 Å². The summed E-state index contributed by atoms with van der Waals surface area (Å²) in [6.45, 7) is 1.49. The number of hydrogen-bond acceptors (Lipinski definition) is 3. The molecule has 1 aromatic carbocycles. The van der Waals surface area contributed by atoms with Gasteiger partial charge in [-0.25, -0.2) is 4.98 Å². The number of halogens is 3. The van der Waals surface area contributed by atoms with E-state index in [0.717, 1.165) is 11.0 Å². The molecule has 0 aliphatic heterocycles. The first-order valence-corrected chi connectivity index (χ1v) is 6.40. The normalized spacial score (nSPS) is 12.4. The number of H-pyrrole nitrogens is 1. The van der Waals surface area contributed by atoms with Gasteiger partial charge in [-0.3, -0.25) is 4.90 Å². The van der Waals surface area contributed by atoms with Crippen molar-refractivity contribution in [1.82, 2.24) is 14.9 Å². The van der Waals surface area contributed by atoms with Crippen molar-refractivity contribution in [3.8, 4) is 0 Å². The maximum Gasteiger partial charge on any atom is 0.401 e. The molecule has 2 aromatic rings. The Balaban J connectivity index is 2.01. The van der Waals surface area contributed by atoms with Gasteiger partial charge in [0.2, 0.25) is 0 Å². The third-order valence-electron chi connectivity index (χ3n) is 3.07. The number of nitrogens with zero attached hydrogens (tertiary/aromatic N) is 2. The lowest BCUT2D eigenvalue weighted by molar-refractivity contribution is -0.145. The molecule has 0 aliphatic carbocycles. The van der Waals surface area contributed by atoms with E-state index in [9.17, 15) is 13.2 Å². The second-order valence-corrected chi connectivity index (χ2v) is 4.69. The van der Waals surface area contributed by atoms with Gasteiger partial charge in [0.1, 0.15) is 5.82 Å². The Hall–Kier alpha value is -1.76. The van der Waals surface area contributed by atoms with Crippen molar-refractivity contribution < 1.29 is 13.2 Å². The number of nitrogens with one attached hydrogen (secondary N) is 1. The molecule has 0 aliphatic rings. The standard InChI is InChI=1S/C13H17F3N4/c1-2-20(8-13(14,15)16)6-5-12-18-10-4-3-9(17)7-11(10)19-12/h3-4,7H,2,5-6,8,17H2,1H3,(H,18,19). The van der Waals surface area contributed by atoms with E-state index in [0.29, 0.717) is 31.0 Å². The molecule has 3 N–H and O–H groups in total. The van der Waals surface area contributed by atoms with E-state index in [1.807, 2.05) is 0 Å². The fourth-order valence-corrected chi connectivity index (χ4v) is 2.07. The van der Waals surface area contributed by atoms with Gasteiger partial charge >= 0.3 is 6.18 Å². The van der Waals surface area contributed by atoms with E-state index in [1.165, 1.54) is 4.90 Å². The second-order valence-electron chi connectivity index (χ2n) is 4.69. The number of anilines is 1. The molecule has 110 valence electrons. The van der Waals surface area contributed by atoms with Crippen LogP contribution in [0.1, 0.15) is 12.7 Å². The number of alkyl halides is 3. The number of hydrogen-bond donors (Lipinski definition) is 2. The molecule has 20 heavy (non-hydrogen) atoms. The highest BCUT2D eigenvalue weighted by molar-refractivity contribution is 5.78. The summed E-state index contributed by atoms with van der Waals surface area (Å²) in [7, 11) is 0. The van der Waals surface area contributed by atoms with Crippen molar-refractivity contribution in [2.45, 2.75) is 19.5 Å². The van der Waals surface area contributed by atoms with Crippen LogP contribution in [0, 0.1) is 0 Å². The molecule has 7 heteroatoms. The zero-order chi connectivity index (χ0) is 14.8. The fourth-order valence-electron chi connectivity index (χ4n) is 2.07. The average molecular weight is 286 g/mol. The number of aromatic nitrogens is 2. The van der Waals surface area contributed by atoms with E-state index in [4.69, 9.17) is 5.73 Å². The number of nitrogens with two attached hydrogens (primary N) is 1. The first-order valence-electron chi connectivity index (χ1n) is 6.40. The Bertz CT molecular complexity index is 576. The van der Waals surface area contributed by atoms with Gasteiger partial charge in [-0.15, -0.1) is 0 Å². The molecule has 0 spiro atoms. The molecule has 4 nitrogen and oxygen atoms in total. The summed E-state index contributed by atoms with van der Waals surface area (Å²) in [6, 6.07) is 5.30. The van der Waals surface area contributed by atoms with Gasteiger partial charge in [0.15, 0.2) is 0 Å². The molecule has 0 bridgehead atoms. The van der Waals surface area contributed by atoms with Gasteiger partial charge in [0, 0.05) is 18.7 Å². The summed E-state index contributed by atoms with van der Waals surface area (Å²) >= 11 is 0. The fraction of sp³-hybridized carbons (Fsp3) is 0.462. The minimum Gasteiger partial charge on any atom is -0.399 e. The molecule has 1 heterocycles.